The number of aromatic nitrogens is 3. The molecule has 1 fully saturated rings. The first-order valence-electron chi connectivity index (χ1n) is 5.82. The molecule has 3 heterocycles. The average Bonchev–Trinajstić information content (AvgIpc) is 2.73. The summed E-state index contributed by atoms with van der Waals surface area (Å²) in [7, 11) is 0. The van der Waals surface area contributed by atoms with Gasteiger partial charge in [0, 0.05) is 18.3 Å². The van der Waals surface area contributed by atoms with Gasteiger partial charge in [-0.2, -0.15) is 4.98 Å². The molecule has 88 valence electrons. The number of nitrogens with zero attached hydrogens (tertiary/aromatic N) is 3. The molecule has 0 aliphatic carbocycles. The van der Waals surface area contributed by atoms with Crippen molar-refractivity contribution in [2.75, 3.05) is 13.1 Å². The lowest BCUT2D eigenvalue weighted by Crippen LogP contribution is -2.43. The molecule has 0 bridgehead atoms. The van der Waals surface area contributed by atoms with Crippen LogP contribution in [0.4, 0.5) is 0 Å². The van der Waals surface area contributed by atoms with E-state index in [2.05, 4.69) is 20.4 Å². The van der Waals surface area contributed by atoms with Gasteiger partial charge in [-0.05, 0) is 31.1 Å². The summed E-state index contributed by atoms with van der Waals surface area (Å²) in [4.78, 5) is 8.62. The Bertz CT molecular complexity index is 478. The molecule has 0 amide bonds. The molecule has 0 unspecified atom stereocenters. The van der Waals surface area contributed by atoms with E-state index in [0.717, 1.165) is 31.1 Å². The Morgan fingerprint density at radius 1 is 1.35 bits per heavy atom. The monoisotopic (exact) mass is 230 g/mol. The van der Waals surface area contributed by atoms with Crippen LogP contribution in [0.3, 0.4) is 0 Å². The van der Waals surface area contributed by atoms with Crippen LogP contribution >= 0.6 is 0 Å². The lowest BCUT2D eigenvalue weighted by atomic mass is 10.00. The fraction of sp³-hybridized carbons (Fsp3) is 0.417. The van der Waals surface area contributed by atoms with Gasteiger partial charge in [-0.1, -0.05) is 11.2 Å². The molecule has 0 radical (unpaired) electrons. The van der Waals surface area contributed by atoms with Crippen LogP contribution in [-0.4, -0.2) is 28.2 Å². The summed E-state index contributed by atoms with van der Waals surface area (Å²) in [5.41, 5.74) is 0.963. The standard InChI is InChI=1S/C12H14N4O/c1-2-4-14-10(3-1)6-11-15-12(17-16-11)5-9-7-13-8-9/h1-4,9,13H,5-8H2. The molecule has 0 saturated carbocycles. The number of hydrogen-bond acceptors (Lipinski definition) is 5. The molecule has 2 aromatic rings. The van der Waals surface area contributed by atoms with Crippen LogP contribution in [0.25, 0.3) is 0 Å². The predicted octanol–water partition coefficient (Wildman–Crippen LogP) is 0.817. The second kappa shape index (κ2) is 4.63. The van der Waals surface area contributed by atoms with E-state index in [0.29, 0.717) is 18.2 Å². The molecule has 17 heavy (non-hydrogen) atoms. The minimum absolute atomic E-state index is 0.632. The second-order valence-corrected chi connectivity index (χ2v) is 4.33. The van der Waals surface area contributed by atoms with Crippen molar-refractivity contribution in [1.82, 2.24) is 20.4 Å². The average molecular weight is 230 g/mol. The van der Waals surface area contributed by atoms with Crippen LogP contribution in [0.1, 0.15) is 17.4 Å². The van der Waals surface area contributed by atoms with Gasteiger partial charge in [0.05, 0.1) is 6.42 Å². The minimum atomic E-state index is 0.632. The number of nitrogens with one attached hydrogen (secondary N) is 1. The summed E-state index contributed by atoms with van der Waals surface area (Å²) < 4.78 is 5.23. The first-order valence-corrected chi connectivity index (χ1v) is 5.82. The molecule has 0 spiro atoms. The van der Waals surface area contributed by atoms with Crippen LogP contribution in [0.15, 0.2) is 28.9 Å². The molecule has 5 nitrogen and oxygen atoms in total. The molecule has 1 saturated heterocycles. The van der Waals surface area contributed by atoms with Gasteiger partial charge >= 0.3 is 0 Å². The Labute approximate surface area is 99.3 Å². The number of hydrogen-bond donors (Lipinski definition) is 1. The largest absolute Gasteiger partial charge is 0.339 e. The first-order chi connectivity index (χ1) is 8.40. The SMILES string of the molecule is c1ccc(Cc2noc(CC3CNC3)n2)nc1. The Hall–Kier alpha value is -1.75. The van der Waals surface area contributed by atoms with Crippen molar-refractivity contribution in [1.29, 1.82) is 0 Å². The molecule has 1 N–H and O–H groups in total. The highest BCUT2D eigenvalue weighted by molar-refractivity contribution is 5.09. The molecule has 1 aliphatic heterocycles. The maximum Gasteiger partial charge on any atom is 0.227 e. The topological polar surface area (TPSA) is 63.8 Å². The number of rotatable bonds is 4. The highest BCUT2D eigenvalue weighted by Crippen LogP contribution is 2.11. The smallest absolute Gasteiger partial charge is 0.227 e. The van der Waals surface area contributed by atoms with Gasteiger partial charge in [0.25, 0.3) is 0 Å². The molecule has 3 rings (SSSR count). The van der Waals surface area contributed by atoms with Crippen LogP contribution in [0, 0.1) is 5.92 Å². The Morgan fingerprint density at radius 3 is 3.00 bits per heavy atom. The maximum atomic E-state index is 5.23. The normalized spacial score (nSPS) is 15.8. The van der Waals surface area contributed by atoms with Crippen molar-refractivity contribution in [3.63, 3.8) is 0 Å². The molecule has 1 aliphatic rings. The third-order valence-electron chi connectivity index (χ3n) is 2.90. The summed E-state index contributed by atoms with van der Waals surface area (Å²) >= 11 is 0. The van der Waals surface area contributed by atoms with Gasteiger partial charge in [0.1, 0.15) is 0 Å². The van der Waals surface area contributed by atoms with Gasteiger partial charge in [0.2, 0.25) is 5.89 Å². The predicted molar refractivity (Wildman–Crippen MR) is 61.4 cm³/mol. The van der Waals surface area contributed by atoms with Crippen LogP contribution in [-0.2, 0) is 12.8 Å². The van der Waals surface area contributed by atoms with Crippen LogP contribution in [0.5, 0.6) is 0 Å². The zero-order chi connectivity index (χ0) is 11.5. The summed E-state index contributed by atoms with van der Waals surface area (Å²) in [6.45, 7) is 2.11. The fourth-order valence-corrected chi connectivity index (χ4v) is 1.85. The van der Waals surface area contributed by atoms with E-state index in [4.69, 9.17) is 4.52 Å². The van der Waals surface area contributed by atoms with Crippen LogP contribution in [0.2, 0.25) is 0 Å². The maximum absolute atomic E-state index is 5.23. The van der Waals surface area contributed by atoms with E-state index in [9.17, 15) is 0 Å². The summed E-state index contributed by atoms with van der Waals surface area (Å²) in [5, 5.41) is 7.20. The van der Waals surface area contributed by atoms with E-state index >= 15 is 0 Å². The van der Waals surface area contributed by atoms with Gasteiger partial charge in [-0.15, -0.1) is 0 Å². The highest BCUT2D eigenvalue weighted by atomic mass is 16.5. The van der Waals surface area contributed by atoms with E-state index in [1.165, 1.54) is 0 Å². The summed E-state index contributed by atoms with van der Waals surface area (Å²) in [6.07, 6.45) is 3.28. The Morgan fingerprint density at radius 2 is 2.29 bits per heavy atom. The molecule has 2 aromatic heterocycles. The molecular formula is C12H14N4O. The van der Waals surface area contributed by atoms with Crippen molar-refractivity contribution in [3.8, 4) is 0 Å². The minimum Gasteiger partial charge on any atom is -0.339 e. The third kappa shape index (κ3) is 2.50. The van der Waals surface area contributed by atoms with Crippen LogP contribution < -0.4 is 5.32 Å². The Balaban J connectivity index is 1.64. The van der Waals surface area contributed by atoms with Gasteiger partial charge in [-0.25, -0.2) is 0 Å². The first kappa shape index (κ1) is 10.4. The Kier molecular flexibility index (Phi) is 2.83. The second-order valence-electron chi connectivity index (χ2n) is 4.33. The van der Waals surface area contributed by atoms with Crippen molar-refractivity contribution in [3.05, 3.63) is 41.8 Å². The number of pyridine rings is 1. The van der Waals surface area contributed by atoms with Crippen molar-refractivity contribution in [2.24, 2.45) is 5.92 Å². The molecule has 0 aromatic carbocycles. The van der Waals surface area contributed by atoms with Gasteiger partial charge < -0.3 is 9.84 Å². The quantitative estimate of drug-likeness (QED) is 0.842. The van der Waals surface area contributed by atoms with Gasteiger partial charge in [-0.3, -0.25) is 4.98 Å². The zero-order valence-corrected chi connectivity index (χ0v) is 9.47. The lowest BCUT2D eigenvalue weighted by Gasteiger charge is -2.25. The van der Waals surface area contributed by atoms with E-state index in [1.54, 1.807) is 6.20 Å². The highest BCUT2D eigenvalue weighted by Gasteiger charge is 2.20. The molecule has 5 heteroatoms. The molecule has 0 atom stereocenters. The van der Waals surface area contributed by atoms with Gasteiger partial charge in [0.15, 0.2) is 5.82 Å². The van der Waals surface area contributed by atoms with Crippen molar-refractivity contribution < 1.29 is 4.52 Å². The van der Waals surface area contributed by atoms with E-state index in [-0.39, 0.29) is 0 Å². The zero-order valence-electron chi connectivity index (χ0n) is 9.47. The summed E-state index contributed by atoms with van der Waals surface area (Å²) in [5.74, 6) is 2.10. The fourth-order valence-electron chi connectivity index (χ4n) is 1.85. The van der Waals surface area contributed by atoms with E-state index in [1.807, 2.05) is 18.2 Å². The lowest BCUT2D eigenvalue weighted by molar-refractivity contribution is 0.295. The molecular weight excluding hydrogens is 216 g/mol. The van der Waals surface area contributed by atoms with Crippen molar-refractivity contribution >= 4 is 0 Å². The van der Waals surface area contributed by atoms with E-state index < -0.39 is 0 Å². The van der Waals surface area contributed by atoms with Crippen molar-refractivity contribution in [2.45, 2.75) is 12.8 Å². The third-order valence-corrected chi connectivity index (χ3v) is 2.90. The summed E-state index contributed by atoms with van der Waals surface area (Å²) in [6, 6.07) is 5.82.